The molecule has 24 heavy (non-hydrogen) atoms. The molecule has 2 heterocycles. The SMILES string of the molecule is Clc1ccc2c(c1)N(CCCN1CCOCC1)c1ccccc1S2. The molecule has 2 aliphatic heterocycles. The molecule has 1 saturated heterocycles. The smallest absolute Gasteiger partial charge is 0.0594 e. The zero-order chi connectivity index (χ0) is 16.4. The van der Waals surface area contributed by atoms with Crippen LogP contribution in [-0.2, 0) is 4.74 Å². The van der Waals surface area contributed by atoms with Crippen molar-refractivity contribution < 1.29 is 4.74 Å². The summed E-state index contributed by atoms with van der Waals surface area (Å²) in [6, 6.07) is 14.8. The van der Waals surface area contributed by atoms with E-state index in [-0.39, 0.29) is 0 Å². The zero-order valence-electron chi connectivity index (χ0n) is 13.6. The van der Waals surface area contributed by atoms with E-state index >= 15 is 0 Å². The van der Waals surface area contributed by atoms with Gasteiger partial charge in [-0.25, -0.2) is 0 Å². The summed E-state index contributed by atoms with van der Waals surface area (Å²) in [6.45, 7) is 5.94. The van der Waals surface area contributed by atoms with Gasteiger partial charge in [0.15, 0.2) is 0 Å². The fraction of sp³-hybridized carbons (Fsp3) is 0.368. The minimum Gasteiger partial charge on any atom is -0.379 e. The Hall–Kier alpha value is -1.20. The molecular weight excluding hydrogens is 340 g/mol. The first-order valence-corrected chi connectivity index (χ1v) is 9.65. The van der Waals surface area contributed by atoms with Crippen LogP contribution in [-0.4, -0.2) is 44.3 Å². The Morgan fingerprint density at radius 3 is 2.62 bits per heavy atom. The molecule has 0 aliphatic carbocycles. The quantitative estimate of drug-likeness (QED) is 0.787. The van der Waals surface area contributed by atoms with E-state index < -0.39 is 0 Å². The first-order valence-electron chi connectivity index (χ1n) is 8.45. The Labute approximate surface area is 152 Å². The number of rotatable bonds is 4. The molecule has 0 bridgehead atoms. The Kier molecular flexibility index (Phi) is 4.99. The Balaban J connectivity index is 1.53. The molecule has 0 N–H and O–H groups in total. The van der Waals surface area contributed by atoms with Gasteiger partial charge < -0.3 is 9.64 Å². The minimum atomic E-state index is 0.798. The monoisotopic (exact) mass is 360 g/mol. The van der Waals surface area contributed by atoms with Crippen LogP contribution in [0.2, 0.25) is 5.02 Å². The average molecular weight is 361 g/mol. The fourth-order valence-electron chi connectivity index (χ4n) is 3.32. The van der Waals surface area contributed by atoms with Crippen molar-refractivity contribution in [3.63, 3.8) is 0 Å². The number of benzene rings is 2. The molecular formula is C19H21ClN2OS. The standard InChI is InChI=1S/C19H21ClN2OS/c20-15-6-7-19-17(14-15)22(16-4-1-2-5-18(16)24-19)9-3-8-21-10-12-23-13-11-21/h1-2,4-7,14H,3,8-13H2. The second kappa shape index (κ2) is 7.36. The molecule has 0 unspecified atom stereocenters. The summed E-state index contributed by atoms with van der Waals surface area (Å²) in [5.41, 5.74) is 2.52. The van der Waals surface area contributed by atoms with Crippen molar-refractivity contribution in [1.82, 2.24) is 4.90 Å². The summed E-state index contributed by atoms with van der Waals surface area (Å²) >= 11 is 8.10. The van der Waals surface area contributed by atoms with Gasteiger partial charge in [0.05, 0.1) is 24.6 Å². The lowest BCUT2D eigenvalue weighted by Crippen LogP contribution is -2.38. The molecule has 3 nitrogen and oxygen atoms in total. The van der Waals surface area contributed by atoms with Crippen LogP contribution in [0.1, 0.15) is 6.42 Å². The van der Waals surface area contributed by atoms with E-state index in [9.17, 15) is 0 Å². The van der Waals surface area contributed by atoms with Gasteiger partial charge in [0.2, 0.25) is 0 Å². The van der Waals surface area contributed by atoms with Crippen LogP contribution < -0.4 is 4.90 Å². The predicted octanol–water partition coefficient (Wildman–Crippen LogP) is 4.67. The molecule has 0 atom stereocenters. The van der Waals surface area contributed by atoms with Crippen LogP contribution in [0.25, 0.3) is 0 Å². The fourth-order valence-corrected chi connectivity index (χ4v) is 4.56. The molecule has 0 saturated carbocycles. The molecule has 1 fully saturated rings. The zero-order valence-corrected chi connectivity index (χ0v) is 15.2. The summed E-state index contributed by atoms with van der Waals surface area (Å²) in [6.07, 6.45) is 1.13. The minimum absolute atomic E-state index is 0.798. The molecule has 0 spiro atoms. The van der Waals surface area contributed by atoms with Gasteiger partial charge in [-0.05, 0) is 36.8 Å². The van der Waals surface area contributed by atoms with Crippen molar-refractivity contribution in [3.05, 3.63) is 47.5 Å². The van der Waals surface area contributed by atoms with E-state index in [2.05, 4.69) is 46.2 Å². The highest BCUT2D eigenvalue weighted by molar-refractivity contribution is 7.99. The number of hydrogen-bond donors (Lipinski definition) is 0. The van der Waals surface area contributed by atoms with Crippen molar-refractivity contribution in [2.45, 2.75) is 16.2 Å². The van der Waals surface area contributed by atoms with Crippen molar-refractivity contribution in [2.75, 3.05) is 44.3 Å². The van der Waals surface area contributed by atoms with Gasteiger partial charge in [-0.3, -0.25) is 4.90 Å². The maximum Gasteiger partial charge on any atom is 0.0594 e. The van der Waals surface area contributed by atoms with Gasteiger partial charge in [-0.1, -0.05) is 35.5 Å². The molecule has 0 amide bonds. The Morgan fingerprint density at radius 2 is 1.75 bits per heavy atom. The third-order valence-corrected chi connectivity index (χ3v) is 5.91. The molecule has 2 aliphatic rings. The Bertz CT molecular complexity index is 718. The van der Waals surface area contributed by atoms with E-state index in [1.54, 1.807) is 0 Å². The van der Waals surface area contributed by atoms with Crippen molar-refractivity contribution in [2.24, 2.45) is 0 Å². The van der Waals surface area contributed by atoms with Crippen LogP contribution in [0.5, 0.6) is 0 Å². The van der Waals surface area contributed by atoms with E-state index in [1.807, 2.05) is 17.8 Å². The second-order valence-corrected chi connectivity index (χ2v) is 7.66. The molecule has 2 aromatic carbocycles. The maximum atomic E-state index is 6.27. The molecule has 2 aromatic rings. The number of halogens is 1. The lowest BCUT2D eigenvalue weighted by molar-refractivity contribution is 0.0377. The summed E-state index contributed by atoms with van der Waals surface area (Å²) in [5.74, 6) is 0. The third kappa shape index (κ3) is 3.42. The first kappa shape index (κ1) is 16.3. The number of morpholine rings is 1. The van der Waals surface area contributed by atoms with Crippen LogP contribution in [0, 0.1) is 0 Å². The van der Waals surface area contributed by atoms with Crippen molar-refractivity contribution in [3.8, 4) is 0 Å². The van der Waals surface area contributed by atoms with Gasteiger partial charge in [0.25, 0.3) is 0 Å². The highest BCUT2D eigenvalue weighted by Crippen LogP contribution is 2.48. The van der Waals surface area contributed by atoms with Crippen LogP contribution in [0.3, 0.4) is 0 Å². The highest BCUT2D eigenvalue weighted by atomic mass is 35.5. The van der Waals surface area contributed by atoms with Gasteiger partial charge in [-0.2, -0.15) is 0 Å². The lowest BCUT2D eigenvalue weighted by atomic mass is 10.2. The number of nitrogens with zero attached hydrogens (tertiary/aromatic N) is 2. The van der Waals surface area contributed by atoms with Gasteiger partial charge in [0.1, 0.15) is 0 Å². The average Bonchev–Trinajstić information content (AvgIpc) is 2.62. The highest BCUT2D eigenvalue weighted by Gasteiger charge is 2.23. The second-order valence-electron chi connectivity index (χ2n) is 6.14. The molecule has 0 radical (unpaired) electrons. The van der Waals surface area contributed by atoms with Crippen LogP contribution in [0.4, 0.5) is 11.4 Å². The maximum absolute atomic E-state index is 6.27. The number of hydrogen-bond acceptors (Lipinski definition) is 4. The van der Waals surface area contributed by atoms with Gasteiger partial charge >= 0.3 is 0 Å². The number of ether oxygens (including phenoxy) is 1. The largest absolute Gasteiger partial charge is 0.379 e. The predicted molar refractivity (Wildman–Crippen MR) is 101 cm³/mol. The summed E-state index contributed by atoms with van der Waals surface area (Å²) < 4.78 is 5.43. The molecule has 4 rings (SSSR count). The first-order chi connectivity index (χ1) is 11.8. The van der Waals surface area contributed by atoms with Crippen LogP contribution in [0.15, 0.2) is 52.3 Å². The van der Waals surface area contributed by atoms with Crippen molar-refractivity contribution >= 4 is 34.7 Å². The van der Waals surface area contributed by atoms with E-state index in [0.29, 0.717) is 0 Å². The summed E-state index contributed by atoms with van der Waals surface area (Å²) in [4.78, 5) is 7.52. The van der Waals surface area contributed by atoms with E-state index in [0.717, 1.165) is 50.8 Å². The topological polar surface area (TPSA) is 15.7 Å². The third-order valence-electron chi connectivity index (χ3n) is 4.55. The van der Waals surface area contributed by atoms with E-state index in [1.165, 1.54) is 21.2 Å². The Morgan fingerprint density at radius 1 is 0.958 bits per heavy atom. The number of anilines is 2. The summed E-state index contributed by atoms with van der Waals surface area (Å²) in [7, 11) is 0. The number of fused-ring (bicyclic) bond motifs is 2. The number of para-hydroxylation sites is 1. The van der Waals surface area contributed by atoms with Gasteiger partial charge in [0, 0.05) is 41.0 Å². The molecule has 0 aromatic heterocycles. The van der Waals surface area contributed by atoms with Crippen LogP contribution >= 0.6 is 23.4 Å². The molecule has 5 heteroatoms. The van der Waals surface area contributed by atoms with E-state index in [4.69, 9.17) is 16.3 Å². The molecule has 126 valence electrons. The normalized spacial score (nSPS) is 17.5. The summed E-state index contributed by atoms with van der Waals surface area (Å²) in [5, 5.41) is 0.798. The van der Waals surface area contributed by atoms with Crippen molar-refractivity contribution in [1.29, 1.82) is 0 Å². The lowest BCUT2D eigenvalue weighted by Gasteiger charge is -2.34. The van der Waals surface area contributed by atoms with Gasteiger partial charge in [-0.15, -0.1) is 0 Å².